The second kappa shape index (κ2) is 8.28. The highest BCUT2D eigenvalue weighted by Crippen LogP contribution is 2.34. The Labute approximate surface area is 186 Å². The lowest BCUT2D eigenvalue weighted by molar-refractivity contribution is -0.115. The molecule has 29 heavy (non-hydrogen) atoms. The number of benzene rings is 2. The Morgan fingerprint density at radius 3 is 2.55 bits per heavy atom. The smallest absolute Gasteiger partial charge is 0.264 e. The Hall–Kier alpha value is -2.18. The van der Waals surface area contributed by atoms with Crippen molar-refractivity contribution in [3.63, 3.8) is 0 Å². The van der Waals surface area contributed by atoms with Crippen LogP contribution in [0.5, 0.6) is 0 Å². The highest BCUT2D eigenvalue weighted by atomic mass is 35.5. The number of rotatable bonds is 3. The SMILES string of the molecule is Cc1cc(Cl)ccc1N=C1NC(=O)/C(=C/c2ccc(-c3ccc(Cl)cc3Cl)o2)S1. The van der Waals surface area contributed by atoms with Crippen LogP contribution in [0.4, 0.5) is 5.69 Å². The molecule has 1 N–H and O–H groups in total. The van der Waals surface area contributed by atoms with Crippen LogP contribution in [-0.4, -0.2) is 11.1 Å². The van der Waals surface area contributed by atoms with Crippen LogP contribution in [0.2, 0.25) is 15.1 Å². The summed E-state index contributed by atoms with van der Waals surface area (Å²) in [6.45, 7) is 1.91. The number of nitrogens with zero attached hydrogens (tertiary/aromatic N) is 1. The molecule has 0 bridgehead atoms. The second-order valence-corrected chi connectivity index (χ2v) is 8.55. The first-order chi connectivity index (χ1) is 13.9. The normalized spacial score (nSPS) is 16.6. The summed E-state index contributed by atoms with van der Waals surface area (Å²) in [5.74, 6) is 0.892. The maximum Gasteiger partial charge on any atom is 0.264 e. The number of carbonyl (C=O) groups is 1. The molecule has 2 aromatic carbocycles. The molecule has 1 amide bonds. The lowest BCUT2D eigenvalue weighted by Crippen LogP contribution is -2.19. The van der Waals surface area contributed by atoms with Crippen molar-refractivity contribution in [2.75, 3.05) is 0 Å². The van der Waals surface area contributed by atoms with Gasteiger partial charge in [-0.2, -0.15) is 0 Å². The largest absolute Gasteiger partial charge is 0.457 e. The first-order valence-electron chi connectivity index (χ1n) is 8.50. The number of nitrogens with one attached hydrogen (secondary N) is 1. The summed E-state index contributed by atoms with van der Waals surface area (Å²) in [6, 6.07) is 14.2. The number of amidine groups is 1. The Balaban J connectivity index is 1.57. The molecule has 0 unspecified atom stereocenters. The lowest BCUT2D eigenvalue weighted by Gasteiger charge is -2.01. The maximum atomic E-state index is 12.3. The molecule has 0 spiro atoms. The number of hydrogen-bond donors (Lipinski definition) is 1. The standard InChI is InChI=1S/C21H13Cl3N2O2S/c1-11-8-12(22)3-6-17(11)25-21-26-20(27)19(29-21)10-14-4-7-18(28-14)15-5-2-13(23)9-16(15)24/h2-10H,1H3,(H,25,26,27)/b19-10-. The number of amides is 1. The second-order valence-electron chi connectivity index (χ2n) is 6.24. The van der Waals surface area contributed by atoms with Gasteiger partial charge in [0.05, 0.1) is 15.6 Å². The lowest BCUT2D eigenvalue weighted by atomic mass is 10.2. The Kier molecular flexibility index (Phi) is 5.74. The zero-order chi connectivity index (χ0) is 20.5. The van der Waals surface area contributed by atoms with Gasteiger partial charge in [0.1, 0.15) is 11.5 Å². The van der Waals surface area contributed by atoms with Crippen molar-refractivity contribution in [2.45, 2.75) is 6.92 Å². The fourth-order valence-electron chi connectivity index (χ4n) is 2.73. The number of furan rings is 1. The van der Waals surface area contributed by atoms with Crippen molar-refractivity contribution in [3.05, 3.63) is 79.8 Å². The van der Waals surface area contributed by atoms with Gasteiger partial charge >= 0.3 is 0 Å². The van der Waals surface area contributed by atoms with E-state index in [1.807, 2.05) is 19.1 Å². The van der Waals surface area contributed by atoms with Gasteiger partial charge in [-0.05, 0) is 72.8 Å². The molecule has 146 valence electrons. The van der Waals surface area contributed by atoms with Gasteiger partial charge in [0, 0.05) is 21.7 Å². The van der Waals surface area contributed by atoms with Crippen molar-refractivity contribution in [3.8, 4) is 11.3 Å². The van der Waals surface area contributed by atoms with Crippen LogP contribution in [0.15, 0.2) is 62.8 Å². The van der Waals surface area contributed by atoms with E-state index < -0.39 is 0 Å². The maximum absolute atomic E-state index is 12.3. The molecule has 0 saturated carbocycles. The molecular weight excluding hydrogens is 451 g/mol. The van der Waals surface area contributed by atoms with Gasteiger partial charge in [0.25, 0.3) is 5.91 Å². The highest BCUT2D eigenvalue weighted by Gasteiger charge is 2.24. The number of halogens is 3. The van der Waals surface area contributed by atoms with E-state index in [-0.39, 0.29) is 5.91 Å². The van der Waals surface area contributed by atoms with E-state index in [9.17, 15) is 4.79 Å². The van der Waals surface area contributed by atoms with E-state index in [0.29, 0.717) is 36.7 Å². The molecule has 4 rings (SSSR count). The number of aliphatic imine (C=N–C) groups is 1. The molecule has 1 aliphatic heterocycles. The van der Waals surface area contributed by atoms with Crippen molar-refractivity contribution in [1.29, 1.82) is 0 Å². The van der Waals surface area contributed by atoms with Gasteiger partial charge in [-0.25, -0.2) is 4.99 Å². The predicted molar refractivity (Wildman–Crippen MR) is 121 cm³/mol. The van der Waals surface area contributed by atoms with E-state index >= 15 is 0 Å². The zero-order valence-electron chi connectivity index (χ0n) is 15.0. The van der Waals surface area contributed by atoms with E-state index in [1.54, 1.807) is 42.5 Å². The molecule has 0 aliphatic carbocycles. The summed E-state index contributed by atoms with van der Waals surface area (Å²) < 4.78 is 5.83. The molecule has 8 heteroatoms. The minimum Gasteiger partial charge on any atom is -0.457 e. The molecular formula is C21H13Cl3N2O2S. The van der Waals surface area contributed by atoms with Crippen LogP contribution in [0.3, 0.4) is 0 Å². The van der Waals surface area contributed by atoms with E-state index in [0.717, 1.165) is 16.8 Å². The van der Waals surface area contributed by atoms with E-state index in [1.165, 1.54) is 11.8 Å². The zero-order valence-corrected chi connectivity index (χ0v) is 18.1. The van der Waals surface area contributed by atoms with E-state index in [4.69, 9.17) is 39.2 Å². The Morgan fingerprint density at radius 1 is 1.03 bits per heavy atom. The third-order valence-electron chi connectivity index (χ3n) is 4.13. The molecule has 0 radical (unpaired) electrons. The molecule has 1 fully saturated rings. The molecule has 3 aromatic rings. The fourth-order valence-corrected chi connectivity index (χ4v) is 4.27. The van der Waals surface area contributed by atoms with Gasteiger partial charge in [0.2, 0.25) is 0 Å². The number of carbonyl (C=O) groups excluding carboxylic acids is 1. The van der Waals surface area contributed by atoms with Crippen LogP contribution in [0.25, 0.3) is 17.4 Å². The molecule has 1 saturated heterocycles. The van der Waals surface area contributed by atoms with Gasteiger partial charge < -0.3 is 9.73 Å². The molecule has 0 atom stereocenters. The number of aryl methyl sites for hydroxylation is 1. The van der Waals surface area contributed by atoms with Gasteiger partial charge in [-0.1, -0.05) is 34.8 Å². The van der Waals surface area contributed by atoms with Crippen molar-refractivity contribution in [1.82, 2.24) is 5.32 Å². The van der Waals surface area contributed by atoms with Crippen molar-refractivity contribution < 1.29 is 9.21 Å². The summed E-state index contributed by atoms with van der Waals surface area (Å²) in [4.78, 5) is 17.3. The molecule has 2 heterocycles. The topological polar surface area (TPSA) is 54.6 Å². The summed E-state index contributed by atoms with van der Waals surface area (Å²) in [5.41, 5.74) is 2.40. The molecule has 4 nitrogen and oxygen atoms in total. The fraction of sp³-hybridized carbons (Fsp3) is 0.0476. The quantitative estimate of drug-likeness (QED) is 0.421. The van der Waals surface area contributed by atoms with Gasteiger partial charge in [-0.3, -0.25) is 4.79 Å². The van der Waals surface area contributed by atoms with Crippen LogP contribution < -0.4 is 5.32 Å². The highest BCUT2D eigenvalue weighted by molar-refractivity contribution is 8.18. The summed E-state index contributed by atoms with van der Waals surface area (Å²) in [7, 11) is 0. The average Bonchev–Trinajstić information content (AvgIpc) is 3.25. The Morgan fingerprint density at radius 2 is 1.79 bits per heavy atom. The van der Waals surface area contributed by atoms with Crippen LogP contribution in [0.1, 0.15) is 11.3 Å². The van der Waals surface area contributed by atoms with Gasteiger partial charge in [0.15, 0.2) is 5.17 Å². The van der Waals surface area contributed by atoms with Crippen molar-refractivity contribution >= 4 is 69.4 Å². The molecule has 1 aromatic heterocycles. The Bertz CT molecular complexity index is 1180. The van der Waals surface area contributed by atoms with Crippen LogP contribution in [-0.2, 0) is 4.79 Å². The summed E-state index contributed by atoms with van der Waals surface area (Å²) in [6.07, 6.45) is 1.67. The summed E-state index contributed by atoms with van der Waals surface area (Å²) in [5, 5.41) is 4.95. The van der Waals surface area contributed by atoms with Gasteiger partial charge in [-0.15, -0.1) is 0 Å². The minimum atomic E-state index is -0.233. The van der Waals surface area contributed by atoms with Crippen LogP contribution >= 0.6 is 46.6 Å². The van der Waals surface area contributed by atoms with Crippen LogP contribution in [0, 0.1) is 6.92 Å². The molecule has 1 aliphatic rings. The third kappa shape index (κ3) is 4.54. The minimum absolute atomic E-state index is 0.233. The monoisotopic (exact) mass is 462 g/mol. The van der Waals surface area contributed by atoms with E-state index in [2.05, 4.69) is 10.3 Å². The first-order valence-corrected chi connectivity index (χ1v) is 10.4. The summed E-state index contributed by atoms with van der Waals surface area (Å²) >= 11 is 19.4. The number of hydrogen-bond acceptors (Lipinski definition) is 4. The third-order valence-corrected chi connectivity index (χ3v) is 5.82. The number of thioether (sulfide) groups is 1. The average molecular weight is 464 g/mol. The first kappa shape index (κ1) is 20.1. The van der Waals surface area contributed by atoms with Crippen molar-refractivity contribution in [2.24, 2.45) is 4.99 Å². The predicted octanol–water partition coefficient (Wildman–Crippen LogP) is 7.11.